The molecule has 204 valence electrons. The minimum absolute atomic E-state index is 0.0267. The first-order chi connectivity index (χ1) is 18.6. The zero-order valence-corrected chi connectivity index (χ0v) is 20.3. The van der Waals surface area contributed by atoms with Crippen LogP contribution in [0.5, 0.6) is 0 Å². The number of pyridine rings is 1. The van der Waals surface area contributed by atoms with Crippen molar-refractivity contribution in [1.82, 2.24) is 24.5 Å². The van der Waals surface area contributed by atoms with E-state index in [1.165, 1.54) is 24.9 Å². The predicted molar refractivity (Wildman–Crippen MR) is 131 cm³/mol. The van der Waals surface area contributed by atoms with Gasteiger partial charge in [-0.1, -0.05) is 0 Å². The van der Waals surface area contributed by atoms with Crippen LogP contribution in [0.15, 0.2) is 37.1 Å². The average molecular weight is 547 g/mol. The molecule has 7 rings (SSSR count). The van der Waals surface area contributed by atoms with E-state index in [0.717, 1.165) is 6.07 Å². The number of alkyl halides is 2. The van der Waals surface area contributed by atoms with Crippen molar-refractivity contribution in [2.24, 2.45) is 11.7 Å². The van der Waals surface area contributed by atoms with Gasteiger partial charge in [0.2, 0.25) is 0 Å². The first kappa shape index (κ1) is 25.4. The van der Waals surface area contributed by atoms with Gasteiger partial charge in [-0.05, 0) is 36.5 Å². The summed E-state index contributed by atoms with van der Waals surface area (Å²) >= 11 is 0. The lowest BCUT2D eigenvalue weighted by Gasteiger charge is -2.60. The zero-order chi connectivity index (χ0) is 27.6. The summed E-state index contributed by atoms with van der Waals surface area (Å²) < 4.78 is 71.0. The van der Waals surface area contributed by atoms with E-state index in [4.69, 9.17) is 11.5 Å². The number of imidazole rings is 1. The summed E-state index contributed by atoms with van der Waals surface area (Å²) in [6.45, 7) is 0.0337. The van der Waals surface area contributed by atoms with Gasteiger partial charge in [-0.15, -0.1) is 0 Å². The molecule has 14 heteroatoms. The summed E-state index contributed by atoms with van der Waals surface area (Å²) in [7, 11) is 0. The van der Waals surface area contributed by atoms with Gasteiger partial charge in [0.25, 0.3) is 6.43 Å². The minimum atomic E-state index is -3.02. The Bertz CT molecular complexity index is 1580. The van der Waals surface area contributed by atoms with E-state index in [9.17, 15) is 27.1 Å². The standard InChI is InChI=1S/C25H23F5N8O/c26-15-5-17(28)16(27)4-14(15)18-1-11(7-37-10-36-20-23(31)34-9-35-24(20)37)19(6-33-18)38-8-25(32,21(39)22(29)30)12-2-13(38)3-12/h1,4-6,9-10,12-13,21-22,39H,2-3,7-8,32H2,(H2,31,34,35)/t12?,13?,21-,25+/m1/s1. The number of hydrogen-bond acceptors (Lipinski definition) is 8. The number of rotatable bonds is 6. The molecule has 1 aliphatic carbocycles. The SMILES string of the molecule is Nc1ncnc2c1ncn2Cc1cc(-c2cc(F)c(F)cc2F)ncc1N1C[C@@](N)([C@H](O)C(F)F)C2CC1C2. The molecular formula is C25H23F5N8O. The summed E-state index contributed by atoms with van der Waals surface area (Å²) in [4.78, 5) is 18.5. The Hall–Kier alpha value is -3.91. The molecule has 4 aromatic rings. The fourth-order valence-electron chi connectivity index (χ4n) is 5.63. The molecule has 2 aliphatic heterocycles. The van der Waals surface area contributed by atoms with E-state index in [2.05, 4.69) is 19.9 Å². The van der Waals surface area contributed by atoms with Crippen molar-refractivity contribution < 1.29 is 27.1 Å². The fraction of sp³-hybridized carbons (Fsp3) is 0.360. The van der Waals surface area contributed by atoms with Crippen molar-refractivity contribution in [2.45, 2.75) is 43.5 Å². The number of piperidine rings is 2. The average Bonchev–Trinajstić information content (AvgIpc) is 3.28. The largest absolute Gasteiger partial charge is 0.385 e. The number of aromatic nitrogens is 5. The third kappa shape index (κ3) is 4.05. The molecule has 3 fully saturated rings. The molecule has 1 aromatic carbocycles. The third-order valence-corrected chi connectivity index (χ3v) is 7.88. The predicted octanol–water partition coefficient (Wildman–Crippen LogP) is 2.86. The van der Waals surface area contributed by atoms with Crippen LogP contribution in [-0.4, -0.2) is 60.3 Å². The van der Waals surface area contributed by atoms with Gasteiger partial charge in [-0.25, -0.2) is 36.9 Å². The summed E-state index contributed by atoms with van der Waals surface area (Å²) in [6, 6.07) is 2.63. The molecule has 2 atom stereocenters. The summed E-state index contributed by atoms with van der Waals surface area (Å²) in [6.07, 6.45) is 0.124. The fourth-order valence-corrected chi connectivity index (χ4v) is 5.63. The lowest BCUT2D eigenvalue weighted by molar-refractivity contribution is -0.0917. The van der Waals surface area contributed by atoms with Crippen molar-refractivity contribution >= 4 is 22.7 Å². The number of hydrogen-bond donors (Lipinski definition) is 3. The topological polar surface area (TPSA) is 132 Å². The van der Waals surface area contributed by atoms with Crippen molar-refractivity contribution in [1.29, 1.82) is 0 Å². The van der Waals surface area contributed by atoms with Crippen LogP contribution >= 0.6 is 0 Å². The van der Waals surface area contributed by atoms with Crippen molar-refractivity contribution in [3.8, 4) is 11.3 Å². The smallest absolute Gasteiger partial charge is 0.265 e. The molecular weight excluding hydrogens is 523 g/mol. The van der Waals surface area contributed by atoms with Crippen LogP contribution in [-0.2, 0) is 6.54 Å². The Morgan fingerprint density at radius 2 is 1.77 bits per heavy atom. The van der Waals surface area contributed by atoms with E-state index in [0.29, 0.717) is 41.3 Å². The van der Waals surface area contributed by atoms with Gasteiger partial charge in [0.1, 0.15) is 23.8 Å². The van der Waals surface area contributed by atoms with Gasteiger partial charge in [0.05, 0.1) is 36.0 Å². The first-order valence-electron chi connectivity index (χ1n) is 12.1. The highest BCUT2D eigenvalue weighted by Gasteiger charge is 2.57. The van der Waals surface area contributed by atoms with Crippen LogP contribution in [0.4, 0.5) is 33.5 Å². The molecule has 39 heavy (non-hydrogen) atoms. The minimum Gasteiger partial charge on any atom is -0.385 e. The van der Waals surface area contributed by atoms with Crippen molar-refractivity contribution in [2.75, 3.05) is 17.2 Å². The molecule has 1 saturated carbocycles. The number of nitrogen functional groups attached to an aromatic ring is 1. The van der Waals surface area contributed by atoms with Crippen LogP contribution in [0.2, 0.25) is 0 Å². The summed E-state index contributed by atoms with van der Waals surface area (Å²) in [5, 5.41) is 10.3. The number of nitrogens with zero attached hydrogens (tertiary/aromatic N) is 6. The number of aliphatic hydroxyl groups is 1. The highest BCUT2D eigenvalue weighted by Crippen LogP contribution is 2.49. The molecule has 9 nitrogen and oxygen atoms in total. The molecule has 5 heterocycles. The molecule has 2 bridgehead atoms. The third-order valence-electron chi connectivity index (χ3n) is 7.88. The lowest BCUT2D eigenvalue weighted by atomic mass is 9.61. The molecule has 3 aromatic heterocycles. The maximum Gasteiger partial charge on any atom is 0.265 e. The Labute approximate surface area is 218 Å². The maximum absolute atomic E-state index is 14.6. The molecule has 0 amide bonds. The van der Waals surface area contributed by atoms with Gasteiger partial charge < -0.3 is 26.0 Å². The highest BCUT2D eigenvalue weighted by molar-refractivity contribution is 5.81. The molecule has 0 radical (unpaired) electrons. The van der Waals surface area contributed by atoms with Crippen LogP contribution < -0.4 is 16.4 Å². The molecule has 0 spiro atoms. The normalized spacial score (nSPS) is 23.3. The summed E-state index contributed by atoms with van der Waals surface area (Å²) in [5.74, 6) is -3.68. The maximum atomic E-state index is 14.6. The van der Waals surface area contributed by atoms with E-state index >= 15 is 0 Å². The van der Waals surface area contributed by atoms with E-state index < -0.39 is 35.5 Å². The van der Waals surface area contributed by atoms with Gasteiger partial charge in [-0.3, -0.25) is 4.98 Å². The number of anilines is 2. The molecule has 3 aliphatic rings. The number of nitrogens with two attached hydrogens (primary N) is 2. The molecule has 5 N–H and O–H groups in total. The number of benzene rings is 1. The second-order valence-electron chi connectivity index (χ2n) is 10.1. The second kappa shape index (κ2) is 9.09. The highest BCUT2D eigenvalue weighted by atomic mass is 19.3. The van der Waals surface area contributed by atoms with Gasteiger partial charge in [0, 0.05) is 24.2 Å². The van der Waals surface area contributed by atoms with E-state index in [1.54, 1.807) is 4.57 Å². The summed E-state index contributed by atoms with van der Waals surface area (Å²) in [5.41, 5.74) is 12.3. The molecule has 0 unspecified atom stereocenters. The van der Waals surface area contributed by atoms with Crippen LogP contribution in [0.25, 0.3) is 22.4 Å². The Morgan fingerprint density at radius 1 is 1.03 bits per heavy atom. The number of halogens is 5. The van der Waals surface area contributed by atoms with Gasteiger partial charge in [0.15, 0.2) is 23.1 Å². The van der Waals surface area contributed by atoms with Crippen molar-refractivity contribution in [3.63, 3.8) is 0 Å². The van der Waals surface area contributed by atoms with Crippen LogP contribution in [0.1, 0.15) is 18.4 Å². The first-order valence-corrected chi connectivity index (χ1v) is 12.1. The van der Waals surface area contributed by atoms with Crippen LogP contribution in [0.3, 0.4) is 0 Å². The lowest BCUT2D eigenvalue weighted by Crippen LogP contribution is -2.75. The number of fused-ring (bicyclic) bond motifs is 3. The van der Waals surface area contributed by atoms with Gasteiger partial charge >= 0.3 is 0 Å². The monoisotopic (exact) mass is 546 g/mol. The second-order valence-corrected chi connectivity index (χ2v) is 10.1. The van der Waals surface area contributed by atoms with E-state index in [1.807, 2.05) is 4.90 Å². The molecule has 2 saturated heterocycles. The van der Waals surface area contributed by atoms with Crippen LogP contribution in [0, 0.1) is 23.4 Å². The Balaban J connectivity index is 1.46. The van der Waals surface area contributed by atoms with Gasteiger partial charge in [-0.2, -0.15) is 0 Å². The zero-order valence-electron chi connectivity index (χ0n) is 20.3. The van der Waals surface area contributed by atoms with Crippen molar-refractivity contribution in [3.05, 3.63) is 60.1 Å². The quantitative estimate of drug-likeness (QED) is 0.249. The Kier molecular flexibility index (Phi) is 5.91. The van der Waals surface area contributed by atoms with E-state index in [-0.39, 0.29) is 42.1 Å². The number of aliphatic hydroxyl groups excluding tert-OH is 1. The Morgan fingerprint density at radius 3 is 2.51 bits per heavy atom.